The van der Waals surface area contributed by atoms with Gasteiger partial charge >= 0.3 is 0 Å². The second-order valence-corrected chi connectivity index (χ2v) is 10.8. The van der Waals surface area contributed by atoms with Crippen LogP contribution in [-0.2, 0) is 17.6 Å². The second kappa shape index (κ2) is 8.23. The third-order valence-electron chi connectivity index (χ3n) is 6.06. The van der Waals surface area contributed by atoms with Gasteiger partial charge < -0.3 is 14.2 Å². The Kier molecular flexibility index (Phi) is 5.92. The largest absolute Gasteiger partial charge is 0.616 e. The van der Waals surface area contributed by atoms with Crippen molar-refractivity contribution in [2.24, 2.45) is 0 Å². The van der Waals surface area contributed by atoms with Crippen molar-refractivity contribution in [2.75, 3.05) is 25.6 Å². The summed E-state index contributed by atoms with van der Waals surface area (Å²) in [5.74, 6) is 2.58. The molecule has 2 aliphatic carbocycles. The molecule has 0 N–H and O–H groups in total. The van der Waals surface area contributed by atoms with Crippen molar-refractivity contribution in [2.45, 2.75) is 63.5 Å². The van der Waals surface area contributed by atoms with Crippen molar-refractivity contribution in [3.8, 4) is 5.88 Å². The van der Waals surface area contributed by atoms with Crippen LogP contribution in [0.4, 0.5) is 0 Å². The molecular weight excluding hydrogens is 378 g/mol. The first kappa shape index (κ1) is 19.4. The molecule has 0 radical (unpaired) electrons. The van der Waals surface area contributed by atoms with E-state index in [0.29, 0.717) is 12.0 Å². The average molecular weight is 408 g/mol. The Morgan fingerprint density at radius 2 is 2.00 bits per heavy atom. The van der Waals surface area contributed by atoms with Crippen molar-refractivity contribution < 1.29 is 9.29 Å². The molecule has 27 heavy (non-hydrogen) atoms. The van der Waals surface area contributed by atoms with Crippen LogP contribution in [0.2, 0.25) is 0 Å². The summed E-state index contributed by atoms with van der Waals surface area (Å²) in [6.45, 7) is 2.00. The summed E-state index contributed by atoms with van der Waals surface area (Å²) in [5, 5.41) is 1.10. The van der Waals surface area contributed by atoms with Gasteiger partial charge in [0.25, 0.3) is 0 Å². The van der Waals surface area contributed by atoms with Crippen LogP contribution < -0.4 is 4.74 Å². The topological polar surface area (TPSA) is 61.3 Å². The fraction of sp³-hybridized carbons (Fsp3) is 0.700. The summed E-state index contributed by atoms with van der Waals surface area (Å²) < 4.78 is 18.6. The first-order valence-corrected chi connectivity index (χ1v) is 12.3. The highest BCUT2D eigenvalue weighted by Gasteiger charge is 2.33. The highest BCUT2D eigenvalue weighted by Crippen LogP contribution is 2.46. The van der Waals surface area contributed by atoms with Crippen LogP contribution in [0, 0.1) is 0 Å². The third-order valence-corrected chi connectivity index (χ3v) is 8.65. The van der Waals surface area contributed by atoms with E-state index in [-0.39, 0.29) is 6.10 Å². The van der Waals surface area contributed by atoms with Crippen LogP contribution in [-0.4, -0.2) is 57.2 Å². The zero-order chi connectivity index (χ0) is 19.0. The highest BCUT2D eigenvalue weighted by molar-refractivity contribution is 7.91. The van der Waals surface area contributed by atoms with Gasteiger partial charge in [0.15, 0.2) is 0 Å². The summed E-state index contributed by atoms with van der Waals surface area (Å²) >= 11 is 1.01. The lowest BCUT2D eigenvalue weighted by molar-refractivity contribution is 0.108. The number of fused-ring (bicyclic) bond motifs is 3. The Balaban J connectivity index is 1.57. The zero-order valence-electron chi connectivity index (χ0n) is 16.4. The fourth-order valence-corrected chi connectivity index (χ4v) is 6.72. The standard InChI is InChI=1S/C20H29N3O2S2/c1-4-27(24)11-13-5-10-16-17(13)18-19(21-12-22-20(18)26-16)25-15-8-6-14(7-9-15)23(2)3/h12-15H,4-11H2,1-3H3/t13-,14-,15-,27?/m1/s1. The van der Waals surface area contributed by atoms with Gasteiger partial charge in [-0.25, -0.2) is 9.97 Å². The number of ether oxygens (including phenoxy) is 1. The van der Waals surface area contributed by atoms with Crippen LogP contribution in [0.3, 0.4) is 0 Å². The molecule has 0 aliphatic heterocycles. The maximum Gasteiger partial charge on any atom is 0.225 e. The molecule has 1 fully saturated rings. The molecule has 4 rings (SSSR count). The Bertz CT molecular complexity index is 787. The quantitative estimate of drug-likeness (QED) is 0.683. The van der Waals surface area contributed by atoms with Gasteiger partial charge in [0, 0.05) is 16.8 Å². The summed E-state index contributed by atoms with van der Waals surface area (Å²) in [4.78, 5) is 13.8. The molecule has 0 spiro atoms. The molecule has 148 valence electrons. The van der Waals surface area contributed by atoms with Crippen molar-refractivity contribution in [3.63, 3.8) is 0 Å². The number of aryl methyl sites for hydroxylation is 1. The first-order valence-electron chi connectivity index (χ1n) is 10.0. The summed E-state index contributed by atoms with van der Waals surface area (Å²) in [7, 11) is 4.32. The predicted molar refractivity (Wildman–Crippen MR) is 112 cm³/mol. The smallest absolute Gasteiger partial charge is 0.225 e. The number of nitrogens with zero attached hydrogens (tertiary/aromatic N) is 3. The van der Waals surface area contributed by atoms with E-state index in [1.54, 1.807) is 17.7 Å². The monoisotopic (exact) mass is 407 g/mol. The van der Waals surface area contributed by atoms with Gasteiger partial charge in [-0.15, -0.1) is 11.3 Å². The number of rotatable bonds is 6. The van der Waals surface area contributed by atoms with Crippen LogP contribution >= 0.6 is 11.3 Å². The van der Waals surface area contributed by atoms with E-state index in [2.05, 4.69) is 29.0 Å². The molecule has 5 nitrogen and oxygen atoms in total. The van der Waals surface area contributed by atoms with Gasteiger partial charge in [-0.1, -0.05) is 11.2 Å². The van der Waals surface area contributed by atoms with Gasteiger partial charge in [-0.05, 0) is 65.1 Å². The lowest BCUT2D eigenvalue weighted by Gasteiger charge is -2.32. The van der Waals surface area contributed by atoms with Crippen molar-refractivity contribution >= 4 is 32.7 Å². The van der Waals surface area contributed by atoms with E-state index in [4.69, 9.17) is 4.74 Å². The molecule has 2 atom stereocenters. The number of thiophene rings is 1. The third kappa shape index (κ3) is 3.97. The Labute approximate surface area is 168 Å². The van der Waals surface area contributed by atoms with Crippen molar-refractivity contribution in [3.05, 3.63) is 16.8 Å². The molecule has 2 aromatic rings. The Morgan fingerprint density at radius 3 is 2.70 bits per heavy atom. The minimum atomic E-state index is -0.754. The summed E-state index contributed by atoms with van der Waals surface area (Å²) in [5.41, 5.74) is 1.33. The maximum absolute atomic E-state index is 12.2. The van der Waals surface area contributed by atoms with E-state index in [1.807, 2.05) is 6.92 Å². The molecule has 0 saturated heterocycles. The maximum atomic E-state index is 12.2. The number of hydrogen-bond donors (Lipinski definition) is 0. The van der Waals surface area contributed by atoms with Crippen LogP contribution in [0.5, 0.6) is 5.88 Å². The SMILES string of the molecule is CC[S+]([O-])C[C@H]1CCc2sc3ncnc(O[C@H]4CC[C@H](N(C)C)CC4)c3c21. The van der Waals surface area contributed by atoms with E-state index < -0.39 is 11.2 Å². The Hall–Kier alpha value is -0.890. The van der Waals surface area contributed by atoms with Crippen molar-refractivity contribution in [1.29, 1.82) is 0 Å². The molecule has 2 heterocycles. The first-order chi connectivity index (χ1) is 13.1. The second-order valence-electron chi connectivity index (χ2n) is 7.94. The summed E-state index contributed by atoms with van der Waals surface area (Å²) in [6, 6.07) is 0.661. The lowest BCUT2D eigenvalue weighted by atomic mass is 9.92. The molecule has 0 bridgehead atoms. The zero-order valence-corrected chi connectivity index (χ0v) is 18.1. The van der Waals surface area contributed by atoms with E-state index >= 15 is 0 Å². The highest BCUT2D eigenvalue weighted by atomic mass is 32.2. The fourth-order valence-electron chi connectivity index (χ4n) is 4.48. The predicted octanol–water partition coefficient (Wildman–Crippen LogP) is 3.74. The Morgan fingerprint density at radius 1 is 1.22 bits per heavy atom. The van der Waals surface area contributed by atoms with E-state index in [0.717, 1.165) is 53.3 Å². The van der Waals surface area contributed by atoms with Crippen LogP contribution in [0.15, 0.2) is 6.33 Å². The normalized spacial score (nSPS) is 26.5. The lowest BCUT2D eigenvalue weighted by Crippen LogP contribution is -2.35. The number of aromatic nitrogens is 2. The van der Waals surface area contributed by atoms with Crippen LogP contribution in [0.1, 0.15) is 55.4 Å². The van der Waals surface area contributed by atoms with Gasteiger partial charge in [0.2, 0.25) is 5.88 Å². The molecule has 2 aromatic heterocycles. The minimum Gasteiger partial charge on any atom is -0.616 e. The minimum absolute atomic E-state index is 0.236. The van der Waals surface area contributed by atoms with Gasteiger partial charge in [0.05, 0.1) is 5.39 Å². The molecule has 1 unspecified atom stereocenters. The van der Waals surface area contributed by atoms with Crippen LogP contribution in [0.25, 0.3) is 10.2 Å². The van der Waals surface area contributed by atoms with E-state index in [1.165, 1.54) is 23.3 Å². The van der Waals surface area contributed by atoms with Gasteiger partial charge in [0.1, 0.15) is 28.8 Å². The van der Waals surface area contributed by atoms with Gasteiger partial charge in [-0.2, -0.15) is 0 Å². The molecular formula is C20H29N3O2S2. The summed E-state index contributed by atoms with van der Waals surface area (Å²) in [6.07, 6.45) is 8.51. The average Bonchev–Trinajstić information content (AvgIpc) is 3.22. The number of hydrogen-bond acceptors (Lipinski definition) is 6. The van der Waals surface area contributed by atoms with E-state index in [9.17, 15) is 4.55 Å². The molecule has 2 aliphatic rings. The molecule has 7 heteroatoms. The van der Waals surface area contributed by atoms with Gasteiger partial charge in [-0.3, -0.25) is 0 Å². The molecule has 1 saturated carbocycles. The molecule has 0 amide bonds. The molecule has 0 aromatic carbocycles. The van der Waals surface area contributed by atoms with Crippen molar-refractivity contribution in [1.82, 2.24) is 14.9 Å².